The molecular weight excluding hydrogens is 466 g/mol. The van der Waals surface area contributed by atoms with Gasteiger partial charge in [-0.2, -0.15) is 4.31 Å². The van der Waals surface area contributed by atoms with Gasteiger partial charge in [-0.15, -0.1) is 11.3 Å². The van der Waals surface area contributed by atoms with Gasteiger partial charge in [0.15, 0.2) is 5.13 Å². The van der Waals surface area contributed by atoms with Crippen LogP contribution in [0.15, 0.2) is 28.5 Å². The van der Waals surface area contributed by atoms with Crippen LogP contribution >= 0.6 is 11.3 Å². The van der Waals surface area contributed by atoms with Crippen LogP contribution in [0.3, 0.4) is 0 Å². The van der Waals surface area contributed by atoms with E-state index in [0.29, 0.717) is 55.7 Å². The predicted octanol–water partition coefficient (Wildman–Crippen LogP) is 1.40. The zero-order valence-electron chi connectivity index (χ0n) is 18.6. The molecule has 10 nitrogen and oxygen atoms in total. The number of hydrogen-bond acceptors (Lipinski definition) is 8. The summed E-state index contributed by atoms with van der Waals surface area (Å²) in [5.74, 6) is 0.0535. The number of thiazole rings is 1. The van der Waals surface area contributed by atoms with Gasteiger partial charge in [-0.3, -0.25) is 14.5 Å². The number of nitrogens with one attached hydrogen (secondary N) is 1. The second-order valence-electron chi connectivity index (χ2n) is 8.06. The quantitative estimate of drug-likeness (QED) is 0.620. The highest BCUT2D eigenvalue weighted by Crippen LogP contribution is 2.30. The molecule has 2 amide bonds. The van der Waals surface area contributed by atoms with Gasteiger partial charge in [0.25, 0.3) is 0 Å². The van der Waals surface area contributed by atoms with Crippen LogP contribution in [0.5, 0.6) is 5.75 Å². The van der Waals surface area contributed by atoms with E-state index in [2.05, 4.69) is 15.2 Å². The van der Waals surface area contributed by atoms with E-state index in [-0.39, 0.29) is 28.8 Å². The van der Waals surface area contributed by atoms with Gasteiger partial charge in [0.05, 0.1) is 29.8 Å². The fourth-order valence-corrected chi connectivity index (χ4v) is 6.15. The molecule has 0 saturated carbocycles. The topological polar surface area (TPSA) is 112 Å². The second-order valence-corrected chi connectivity index (χ2v) is 10.8. The Balaban J connectivity index is 1.47. The molecule has 0 aliphatic carbocycles. The lowest BCUT2D eigenvalue weighted by molar-refractivity contribution is -0.117. The fourth-order valence-electron chi connectivity index (χ4n) is 3.83. The third-order valence-corrected chi connectivity index (χ3v) is 8.54. The SMILES string of the molecule is COc1ccc(S(=O)(=O)N2CCN(C)CC2)cc1NC(=O)Cc1csc(N2CCCC2=O)n1. The monoisotopic (exact) mass is 493 g/mol. The number of sulfonamides is 1. The number of rotatable bonds is 7. The van der Waals surface area contributed by atoms with E-state index >= 15 is 0 Å². The Kier molecular flexibility index (Phi) is 6.98. The van der Waals surface area contributed by atoms with E-state index in [1.807, 2.05) is 7.05 Å². The summed E-state index contributed by atoms with van der Waals surface area (Å²) in [4.78, 5) is 32.8. The Morgan fingerprint density at radius 2 is 1.97 bits per heavy atom. The Bertz CT molecular complexity index is 1140. The van der Waals surface area contributed by atoms with Crippen LogP contribution in [-0.4, -0.2) is 81.3 Å². The van der Waals surface area contributed by atoms with Crippen molar-refractivity contribution in [1.29, 1.82) is 0 Å². The maximum atomic E-state index is 13.1. The number of amides is 2. The van der Waals surface area contributed by atoms with Crippen molar-refractivity contribution in [3.8, 4) is 5.75 Å². The van der Waals surface area contributed by atoms with Crippen LogP contribution in [0.25, 0.3) is 0 Å². The zero-order valence-corrected chi connectivity index (χ0v) is 20.2. The number of methoxy groups -OCH3 is 1. The summed E-state index contributed by atoms with van der Waals surface area (Å²) < 4.78 is 33.0. The minimum absolute atomic E-state index is 0.00286. The van der Waals surface area contributed by atoms with Crippen LogP contribution in [-0.2, 0) is 26.0 Å². The highest BCUT2D eigenvalue weighted by atomic mass is 32.2. The second kappa shape index (κ2) is 9.75. The summed E-state index contributed by atoms with van der Waals surface area (Å²) in [5.41, 5.74) is 0.829. The van der Waals surface area contributed by atoms with Crippen LogP contribution in [0.4, 0.5) is 10.8 Å². The van der Waals surface area contributed by atoms with Crippen LogP contribution in [0, 0.1) is 0 Å². The lowest BCUT2D eigenvalue weighted by Gasteiger charge is -2.31. The van der Waals surface area contributed by atoms with Crippen LogP contribution in [0.2, 0.25) is 0 Å². The molecule has 1 N–H and O–H groups in total. The van der Waals surface area contributed by atoms with E-state index in [1.54, 1.807) is 16.3 Å². The first-order valence-corrected chi connectivity index (χ1v) is 13.0. The van der Waals surface area contributed by atoms with Gasteiger partial charge in [-0.05, 0) is 31.7 Å². The number of benzene rings is 1. The Hall–Kier alpha value is -2.54. The first-order chi connectivity index (χ1) is 15.8. The predicted molar refractivity (Wildman–Crippen MR) is 125 cm³/mol. The van der Waals surface area contributed by atoms with E-state index in [0.717, 1.165) is 6.42 Å². The first kappa shape index (κ1) is 23.6. The third-order valence-electron chi connectivity index (χ3n) is 5.73. The number of piperazine rings is 1. The summed E-state index contributed by atoms with van der Waals surface area (Å²) in [6.45, 7) is 2.80. The Morgan fingerprint density at radius 3 is 2.64 bits per heavy atom. The van der Waals surface area contributed by atoms with Crippen molar-refractivity contribution in [2.75, 3.05) is 57.1 Å². The number of carbonyl (C=O) groups excluding carboxylic acids is 2. The number of anilines is 2. The molecule has 178 valence electrons. The molecule has 0 spiro atoms. The van der Waals surface area contributed by atoms with Gasteiger partial charge >= 0.3 is 0 Å². The highest BCUT2D eigenvalue weighted by molar-refractivity contribution is 7.89. The van der Waals surface area contributed by atoms with Crippen LogP contribution in [0.1, 0.15) is 18.5 Å². The molecule has 2 fully saturated rings. The molecule has 4 rings (SSSR count). The zero-order chi connectivity index (χ0) is 23.6. The molecule has 0 bridgehead atoms. The average molecular weight is 494 g/mol. The summed E-state index contributed by atoms with van der Waals surface area (Å²) in [6, 6.07) is 4.46. The van der Waals surface area contributed by atoms with E-state index in [4.69, 9.17) is 4.74 Å². The first-order valence-electron chi connectivity index (χ1n) is 10.7. The van der Waals surface area contributed by atoms with Crippen molar-refractivity contribution in [3.63, 3.8) is 0 Å². The average Bonchev–Trinajstić information content (AvgIpc) is 3.42. The van der Waals surface area contributed by atoms with Gasteiger partial charge in [0, 0.05) is 44.5 Å². The number of hydrogen-bond donors (Lipinski definition) is 1. The Labute approximate surface area is 197 Å². The standard InChI is InChI=1S/C21H27N5O5S2/c1-24-8-10-25(11-9-24)33(29,30)16-5-6-18(31-2)17(13-16)23-19(27)12-15-14-32-21(22-15)26-7-3-4-20(26)28/h5-6,13-14H,3-4,7-12H2,1-2H3,(H,23,27). The van der Waals surface area contributed by atoms with Crippen LogP contribution < -0.4 is 15.0 Å². The molecule has 3 heterocycles. The molecule has 2 aromatic rings. The highest BCUT2D eigenvalue weighted by Gasteiger charge is 2.28. The summed E-state index contributed by atoms with van der Waals surface area (Å²) in [7, 11) is -0.272. The molecule has 33 heavy (non-hydrogen) atoms. The number of ether oxygens (including phenoxy) is 1. The van der Waals surface area contributed by atoms with Gasteiger partial charge in [0.1, 0.15) is 5.75 Å². The lowest BCUT2D eigenvalue weighted by atomic mass is 10.2. The number of likely N-dealkylation sites (N-methyl/N-ethyl adjacent to an activating group) is 1. The minimum atomic E-state index is -3.69. The summed E-state index contributed by atoms with van der Waals surface area (Å²) in [5, 5.41) is 5.10. The van der Waals surface area contributed by atoms with Gasteiger partial charge < -0.3 is 15.0 Å². The van der Waals surface area contributed by atoms with Gasteiger partial charge in [-0.1, -0.05) is 0 Å². The summed E-state index contributed by atoms with van der Waals surface area (Å²) in [6.07, 6.45) is 1.32. The van der Waals surface area contributed by atoms with Gasteiger partial charge in [-0.25, -0.2) is 13.4 Å². The van der Waals surface area contributed by atoms with Crippen molar-refractivity contribution in [2.45, 2.75) is 24.2 Å². The molecule has 1 aromatic heterocycles. The van der Waals surface area contributed by atoms with E-state index < -0.39 is 10.0 Å². The number of carbonyl (C=O) groups is 2. The largest absolute Gasteiger partial charge is 0.495 e. The molecule has 2 saturated heterocycles. The summed E-state index contributed by atoms with van der Waals surface area (Å²) >= 11 is 1.33. The van der Waals surface area contributed by atoms with Crippen molar-refractivity contribution >= 4 is 44.0 Å². The van der Waals surface area contributed by atoms with Crippen molar-refractivity contribution in [1.82, 2.24) is 14.2 Å². The lowest BCUT2D eigenvalue weighted by Crippen LogP contribution is -2.47. The van der Waals surface area contributed by atoms with Crippen molar-refractivity contribution < 1.29 is 22.7 Å². The molecule has 12 heteroatoms. The normalized spacial score (nSPS) is 18.0. The minimum Gasteiger partial charge on any atom is -0.495 e. The molecule has 2 aliphatic heterocycles. The molecule has 2 aliphatic rings. The third kappa shape index (κ3) is 5.18. The van der Waals surface area contributed by atoms with E-state index in [1.165, 1.54) is 34.9 Å². The number of nitrogens with zero attached hydrogens (tertiary/aromatic N) is 4. The molecule has 0 atom stereocenters. The smallest absolute Gasteiger partial charge is 0.243 e. The van der Waals surface area contributed by atoms with Gasteiger partial charge in [0.2, 0.25) is 21.8 Å². The van der Waals surface area contributed by atoms with Crippen molar-refractivity contribution in [2.24, 2.45) is 0 Å². The molecular formula is C21H27N5O5S2. The van der Waals surface area contributed by atoms with E-state index in [9.17, 15) is 18.0 Å². The maximum Gasteiger partial charge on any atom is 0.243 e. The Morgan fingerprint density at radius 1 is 1.21 bits per heavy atom. The molecule has 1 aromatic carbocycles. The maximum absolute atomic E-state index is 13.1. The molecule has 0 radical (unpaired) electrons. The number of aromatic nitrogens is 1. The molecule has 0 unspecified atom stereocenters. The fraction of sp³-hybridized carbons (Fsp3) is 0.476. The van der Waals surface area contributed by atoms with Crippen molar-refractivity contribution in [3.05, 3.63) is 29.3 Å².